The quantitative estimate of drug-likeness (QED) is 0.557. The van der Waals surface area contributed by atoms with Gasteiger partial charge in [-0.1, -0.05) is 66.2 Å². The van der Waals surface area contributed by atoms with Crippen molar-refractivity contribution in [1.82, 2.24) is 14.7 Å². The molecule has 1 aromatic heterocycles. The number of fused-ring (bicyclic) bond motifs is 2. The highest BCUT2D eigenvalue weighted by atomic mass is 35.5. The third-order valence-corrected chi connectivity index (χ3v) is 6.48. The zero-order valence-electron chi connectivity index (χ0n) is 16.9. The van der Waals surface area contributed by atoms with Crippen LogP contribution in [0.25, 0.3) is 0 Å². The van der Waals surface area contributed by atoms with Crippen LogP contribution < -0.4 is 5.32 Å². The molecule has 0 aliphatic carbocycles. The Morgan fingerprint density at radius 3 is 2.47 bits per heavy atom. The highest BCUT2D eigenvalue weighted by Crippen LogP contribution is 2.46. The molecule has 0 fully saturated rings. The van der Waals surface area contributed by atoms with Crippen LogP contribution >= 0.6 is 11.6 Å². The van der Waals surface area contributed by atoms with Gasteiger partial charge in [-0.15, -0.1) is 0 Å². The SMILES string of the molecule is O=C(c1nn2c(c1Cl)N[C@H](c1ccccc1)C[C@H]2C(F)(F)F)N1CCc2ccccc2C1. The minimum absolute atomic E-state index is 0.0230. The molecule has 2 aromatic carbocycles. The third-order valence-electron chi connectivity index (χ3n) is 6.12. The average Bonchev–Trinajstić information content (AvgIpc) is 3.14. The van der Waals surface area contributed by atoms with E-state index in [2.05, 4.69) is 10.4 Å². The van der Waals surface area contributed by atoms with E-state index in [1.807, 2.05) is 24.3 Å². The molecule has 5 nitrogen and oxygen atoms in total. The van der Waals surface area contributed by atoms with Crippen LogP contribution in [0.15, 0.2) is 54.6 Å². The van der Waals surface area contributed by atoms with Crippen molar-refractivity contribution in [1.29, 1.82) is 0 Å². The van der Waals surface area contributed by atoms with Gasteiger partial charge in [0.05, 0.1) is 6.04 Å². The lowest BCUT2D eigenvalue weighted by molar-refractivity contribution is -0.173. The predicted molar refractivity (Wildman–Crippen MR) is 115 cm³/mol. The summed E-state index contributed by atoms with van der Waals surface area (Å²) in [5.41, 5.74) is 2.74. The van der Waals surface area contributed by atoms with E-state index in [1.54, 1.807) is 35.2 Å². The second-order valence-electron chi connectivity index (χ2n) is 8.10. The van der Waals surface area contributed by atoms with Crippen molar-refractivity contribution in [3.63, 3.8) is 0 Å². The molecule has 0 radical (unpaired) electrons. The van der Waals surface area contributed by atoms with Crippen molar-refractivity contribution in [2.24, 2.45) is 0 Å². The molecule has 32 heavy (non-hydrogen) atoms. The average molecular weight is 461 g/mol. The van der Waals surface area contributed by atoms with Gasteiger partial charge in [-0.2, -0.15) is 18.3 Å². The molecule has 3 heterocycles. The van der Waals surface area contributed by atoms with E-state index < -0.39 is 24.2 Å². The molecule has 166 valence electrons. The van der Waals surface area contributed by atoms with E-state index in [9.17, 15) is 18.0 Å². The van der Waals surface area contributed by atoms with E-state index in [-0.39, 0.29) is 23.0 Å². The Kier molecular flexibility index (Phi) is 5.12. The van der Waals surface area contributed by atoms with E-state index >= 15 is 0 Å². The van der Waals surface area contributed by atoms with Gasteiger partial charge in [0.15, 0.2) is 11.7 Å². The van der Waals surface area contributed by atoms with Crippen LogP contribution in [0, 0.1) is 0 Å². The van der Waals surface area contributed by atoms with E-state index in [0.717, 1.165) is 15.8 Å². The number of nitrogens with one attached hydrogen (secondary N) is 1. The Morgan fingerprint density at radius 1 is 1.06 bits per heavy atom. The first-order valence-electron chi connectivity index (χ1n) is 10.3. The van der Waals surface area contributed by atoms with Crippen LogP contribution in [0.1, 0.15) is 45.7 Å². The summed E-state index contributed by atoms with van der Waals surface area (Å²) in [6.45, 7) is 0.827. The van der Waals surface area contributed by atoms with Gasteiger partial charge in [0.1, 0.15) is 10.8 Å². The monoisotopic (exact) mass is 460 g/mol. The van der Waals surface area contributed by atoms with Gasteiger partial charge < -0.3 is 10.2 Å². The van der Waals surface area contributed by atoms with Gasteiger partial charge in [-0.05, 0) is 23.1 Å². The van der Waals surface area contributed by atoms with Gasteiger partial charge in [0, 0.05) is 19.5 Å². The van der Waals surface area contributed by atoms with Gasteiger partial charge in [0.2, 0.25) is 0 Å². The second kappa shape index (κ2) is 7.85. The second-order valence-corrected chi connectivity index (χ2v) is 8.48. The summed E-state index contributed by atoms with van der Waals surface area (Å²) in [5.74, 6) is -0.444. The van der Waals surface area contributed by atoms with Crippen LogP contribution in [0.5, 0.6) is 0 Å². The van der Waals surface area contributed by atoms with Crippen molar-refractivity contribution < 1.29 is 18.0 Å². The highest BCUT2D eigenvalue weighted by molar-refractivity contribution is 6.36. The molecule has 2 aliphatic heterocycles. The molecule has 0 saturated carbocycles. The summed E-state index contributed by atoms with van der Waals surface area (Å²) in [6.07, 6.45) is -4.11. The molecule has 0 unspecified atom stereocenters. The standard InChI is InChI=1S/C23H20ClF3N4O/c24-19-20(22(32)30-11-10-14-6-4-5-9-16(14)13-30)29-31-18(23(25,26)27)12-17(28-21(19)31)15-7-2-1-3-8-15/h1-9,17-18,28H,10-13H2/t17-,18-/m0/s1. The van der Waals surface area contributed by atoms with Crippen molar-refractivity contribution in [3.05, 3.63) is 82.0 Å². The molecule has 0 saturated heterocycles. The zero-order chi connectivity index (χ0) is 22.5. The third kappa shape index (κ3) is 3.62. The number of nitrogens with zero attached hydrogens (tertiary/aromatic N) is 3. The van der Waals surface area contributed by atoms with Crippen molar-refractivity contribution in [3.8, 4) is 0 Å². The Balaban J connectivity index is 1.49. The zero-order valence-corrected chi connectivity index (χ0v) is 17.7. The largest absolute Gasteiger partial charge is 0.410 e. The lowest BCUT2D eigenvalue weighted by atomic mass is 9.97. The fraction of sp³-hybridized carbons (Fsp3) is 0.304. The molecule has 1 N–H and O–H groups in total. The van der Waals surface area contributed by atoms with Crippen molar-refractivity contribution >= 4 is 23.3 Å². The van der Waals surface area contributed by atoms with Crippen molar-refractivity contribution in [2.75, 3.05) is 11.9 Å². The van der Waals surface area contributed by atoms with E-state index in [4.69, 9.17) is 11.6 Å². The molecule has 1 amide bonds. The number of hydrogen-bond donors (Lipinski definition) is 1. The number of carbonyl (C=O) groups is 1. The number of alkyl halides is 3. The summed E-state index contributed by atoms with van der Waals surface area (Å²) in [4.78, 5) is 14.8. The number of aromatic nitrogens is 2. The van der Waals surface area contributed by atoms with Crippen LogP contribution in [-0.2, 0) is 13.0 Å². The van der Waals surface area contributed by atoms with Gasteiger partial charge in [-0.3, -0.25) is 4.79 Å². The summed E-state index contributed by atoms with van der Waals surface area (Å²) in [6, 6.07) is 14.2. The minimum Gasteiger partial charge on any atom is -0.362 e. The number of carbonyl (C=O) groups excluding carboxylic acids is 1. The van der Waals surface area contributed by atoms with Crippen LogP contribution in [0.4, 0.5) is 19.0 Å². The summed E-state index contributed by atoms with van der Waals surface area (Å²) in [5, 5.41) is 7.06. The molecular formula is C23H20ClF3N4O. The van der Waals surface area contributed by atoms with Gasteiger partial charge in [0.25, 0.3) is 5.91 Å². The Bertz CT molecular complexity index is 1160. The molecule has 2 aliphatic rings. The van der Waals surface area contributed by atoms with E-state index in [0.29, 0.717) is 25.1 Å². The molecule has 5 rings (SSSR count). The lowest BCUT2D eigenvalue weighted by Crippen LogP contribution is -2.37. The van der Waals surface area contributed by atoms with E-state index in [1.165, 1.54) is 0 Å². The maximum absolute atomic E-state index is 13.9. The van der Waals surface area contributed by atoms with Crippen LogP contribution in [0.3, 0.4) is 0 Å². The molecule has 0 bridgehead atoms. The topological polar surface area (TPSA) is 50.2 Å². The smallest absolute Gasteiger partial charge is 0.362 e. The summed E-state index contributed by atoms with van der Waals surface area (Å²) < 4.78 is 42.7. The molecule has 0 spiro atoms. The Morgan fingerprint density at radius 2 is 1.75 bits per heavy atom. The van der Waals surface area contributed by atoms with Gasteiger partial charge >= 0.3 is 6.18 Å². The Hall–Kier alpha value is -3.00. The number of benzene rings is 2. The maximum Gasteiger partial charge on any atom is 0.410 e. The first-order chi connectivity index (χ1) is 15.3. The number of hydrogen-bond acceptors (Lipinski definition) is 3. The molecule has 3 aromatic rings. The normalized spacial score (nSPS) is 20.3. The molecular weight excluding hydrogens is 441 g/mol. The minimum atomic E-state index is -4.54. The highest BCUT2D eigenvalue weighted by Gasteiger charge is 2.48. The summed E-state index contributed by atoms with van der Waals surface area (Å²) in [7, 11) is 0. The molecule has 9 heteroatoms. The number of anilines is 1. The fourth-order valence-electron chi connectivity index (χ4n) is 4.45. The van der Waals surface area contributed by atoms with Crippen LogP contribution in [0.2, 0.25) is 5.02 Å². The number of halogens is 4. The predicted octanol–water partition coefficient (Wildman–Crippen LogP) is 5.40. The first kappa shape index (κ1) is 20.9. The number of amides is 1. The van der Waals surface area contributed by atoms with Crippen molar-refractivity contribution in [2.45, 2.75) is 37.6 Å². The lowest BCUT2D eigenvalue weighted by Gasteiger charge is -2.33. The summed E-state index contributed by atoms with van der Waals surface area (Å²) >= 11 is 6.46. The fourth-order valence-corrected chi connectivity index (χ4v) is 4.71. The van der Waals surface area contributed by atoms with Crippen LogP contribution in [-0.4, -0.2) is 33.3 Å². The maximum atomic E-state index is 13.9. The number of rotatable bonds is 2. The first-order valence-corrected chi connectivity index (χ1v) is 10.7. The van der Waals surface area contributed by atoms with Gasteiger partial charge in [-0.25, -0.2) is 4.68 Å². The Labute approximate surface area is 187 Å². The molecule has 2 atom stereocenters.